The minimum absolute atomic E-state index is 0.275. The van der Waals surface area contributed by atoms with Gasteiger partial charge in [0.05, 0.1) is 10.7 Å². The molecule has 0 bridgehead atoms. The number of aromatic nitrogens is 4. The molecule has 4 rings (SSSR count). The van der Waals surface area contributed by atoms with Gasteiger partial charge >= 0.3 is 0 Å². The van der Waals surface area contributed by atoms with Gasteiger partial charge in [-0.25, -0.2) is 4.98 Å². The van der Waals surface area contributed by atoms with Gasteiger partial charge in [-0.2, -0.15) is 0 Å². The Labute approximate surface area is 201 Å². The summed E-state index contributed by atoms with van der Waals surface area (Å²) < 4.78 is 8.21. The molecule has 0 aliphatic rings. The zero-order chi connectivity index (χ0) is 22.7. The van der Waals surface area contributed by atoms with Crippen LogP contribution in [0.2, 0.25) is 5.02 Å². The molecule has 4 aromatic rings. The number of aryl methyl sites for hydroxylation is 2. The number of thioether (sulfide) groups is 1. The summed E-state index contributed by atoms with van der Waals surface area (Å²) in [6.45, 7) is 8.94. The first-order valence-corrected chi connectivity index (χ1v) is 12.7. The lowest BCUT2D eigenvalue weighted by molar-refractivity contribution is 0.210. The number of rotatable bonds is 8. The first kappa shape index (κ1) is 22.8. The van der Waals surface area contributed by atoms with Gasteiger partial charge in [-0.1, -0.05) is 53.7 Å². The molecule has 0 saturated heterocycles. The molecule has 166 valence electrons. The summed E-state index contributed by atoms with van der Waals surface area (Å²) >= 11 is 9.62. The first-order chi connectivity index (χ1) is 15.5. The highest BCUT2D eigenvalue weighted by Gasteiger charge is 2.20. The second-order valence-corrected chi connectivity index (χ2v) is 9.73. The van der Waals surface area contributed by atoms with E-state index in [1.54, 1.807) is 23.1 Å². The molecule has 0 aliphatic carbocycles. The van der Waals surface area contributed by atoms with Crippen LogP contribution in [0.25, 0.3) is 10.6 Å². The molecule has 8 heteroatoms. The summed E-state index contributed by atoms with van der Waals surface area (Å²) in [6.07, 6.45) is -0.275. The molecule has 0 aliphatic heterocycles. The highest BCUT2D eigenvalue weighted by atomic mass is 35.5. The van der Waals surface area contributed by atoms with Gasteiger partial charge in [0.1, 0.15) is 10.8 Å². The Balaban J connectivity index is 1.47. The van der Waals surface area contributed by atoms with Crippen LogP contribution in [0.4, 0.5) is 0 Å². The lowest BCUT2D eigenvalue weighted by Gasteiger charge is -2.16. The van der Waals surface area contributed by atoms with Crippen molar-refractivity contribution < 1.29 is 4.74 Å². The molecule has 1 unspecified atom stereocenters. The highest BCUT2D eigenvalue weighted by molar-refractivity contribution is 7.98. The Morgan fingerprint density at radius 1 is 1.16 bits per heavy atom. The Morgan fingerprint density at radius 2 is 1.97 bits per heavy atom. The van der Waals surface area contributed by atoms with E-state index in [9.17, 15) is 0 Å². The van der Waals surface area contributed by atoms with E-state index in [0.29, 0.717) is 10.8 Å². The van der Waals surface area contributed by atoms with Crippen molar-refractivity contribution in [2.24, 2.45) is 0 Å². The zero-order valence-electron chi connectivity index (χ0n) is 18.5. The zero-order valence-corrected chi connectivity index (χ0v) is 20.9. The van der Waals surface area contributed by atoms with E-state index in [4.69, 9.17) is 21.3 Å². The average Bonchev–Trinajstić information content (AvgIpc) is 3.42. The predicted octanol–water partition coefficient (Wildman–Crippen LogP) is 7.12. The van der Waals surface area contributed by atoms with Crippen molar-refractivity contribution >= 4 is 34.7 Å². The smallest absolute Gasteiger partial charge is 0.191 e. The molecule has 2 heterocycles. The highest BCUT2D eigenvalue weighted by Crippen LogP contribution is 2.32. The standard InChI is InChI=1S/C24H25ClN4OS2/c1-5-29-22(17(4)30-21-12-15(2)10-11-20(21)25)27-28-24(29)32-14-18-13-31-23(26-18)19-9-7-6-8-16(19)3/h6-13,17H,5,14H2,1-4H3. The summed E-state index contributed by atoms with van der Waals surface area (Å²) in [4.78, 5) is 4.83. The summed E-state index contributed by atoms with van der Waals surface area (Å²) in [5.74, 6) is 2.18. The second kappa shape index (κ2) is 10.1. The van der Waals surface area contributed by atoms with Gasteiger partial charge < -0.3 is 9.30 Å². The molecular formula is C24H25ClN4OS2. The van der Waals surface area contributed by atoms with E-state index in [2.05, 4.69) is 58.3 Å². The first-order valence-electron chi connectivity index (χ1n) is 10.5. The van der Waals surface area contributed by atoms with Crippen LogP contribution in [0, 0.1) is 13.8 Å². The van der Waals surface area contributed by atoms with E-state index in [0.717, 1.165) is 39.5 Å². The molecule has 0 spiro atoms. The lowest BCUT2D eigenvalue weighted by Crippen LogP contribution is -2.12. The molecular weight excluding hydrogens is 460 g/mol. The number of benzene rings is 2. The number of ether oxygens (including phenoxy) is 1. The maximum absolute atomic E-state index is 6.30. The minimum Gasteiger partial charge on any atom is -0.481 e. The van der Waals surface area contributed by atoms with Crippen LogP contribution in [0.5, 0.6) is 5.75 Å². The molecule has 0 saturated carbocycles. The van der Waals surface area contributed by atoms with Crippen LogP contribution in [0.3, 0.4) is 0 Å². The van der Waals surface area contributed by atoms with Crippen LogP contribution in [0.1, 0.15) is 42.6 Å². The van der Waals surface area contributed by atoms with E-state index >= 15 is 0 Å². The van der Waals surface area contributed by atoms with E-state index in [1.165, 1.54) is 11.1 Å². The van der Waals surface area contributed by atoms with Crippen molar-refractivity contribution in [3.63, 3.8) is 0 Å². The fraction of sp³-hybridized carbons (Fsp3) is 0.292. The predicted molar refractivity (Wildman–Crippen MR) is 133 cm³/mol. The Hall–Kier alpha value is -2.35. The number of nitrogens with zero attached hydrogens (tertiary/aromatic N) is 4. The van der Waals surface area contributed by atoms with E-state index in [-0.39, 0.29) is 6.10 Å². The molecule has 0 fully saturated rings. The van der Waals surface area contributed by atoms with Crippen LogP contribution in [-0.4, -0.2) is 19.7 Å². The van der Waals surface area contributed by atoms with Crippen molar-refractivity contribution in [1.29, 1.82) is 0 Å². The van der Waals surface area contributed by atoms with Gasteiger partial charge in [-0.15, -0.1) is 21.5 Å². The number of hydrogen-bond donors (Lipinski definition) is 0. The van der Waals surface area contributed by atoms with Gasteiger partial charge in [0, 0.05) is 23.2 Å². The Morgan fingerprint density at radius 3 is 2.75 bits per heavy atom. The fourth-order valence-corrected chi connectivity index (χ4v) is 5.48. The Kier molecular flexibility index (Phi) is 7.18. The molecule has 0 radical (unpaired) electrons. The lowest BCUT2D eigenvalue weighted by atomic mass is 10.1. The molecule has 0 N–H and O–H groups in total. The third-order valence-corrected chi connectivity index (χ3v) is 7.33. The van der Waals surface area contributed by atoms with Crippen LogP contribution in [0.15, 0.2) is 53.0 Å². The van der Waals surface area contributed by atoms with Crippen molar-refractivity contribution in [3.05, 3.63) is 75.5 Å². The number of hydrogen-bond acceptors (Lipinski definition) is 6. The van der Waals surface area contributed by atoms with E-state index < -0.39 is 0 Å². The molecule has 5 nitrogen and oxygen atoms in total. The van der Waals surface area contributed by atoms with Gasteiger partial charge in [0.2, 0.25) is 0 Å². The third kappa shape index (κ3) is 5.00. The fourth-order valence-electron chi connectivity index (χ4n) is 3.40. The topological polar surface area (TPSA) is 52.8 Å². The SMILES string of the molecule is CCn1c(SCc2csc(-c3ccccc3C)n2)nnc1C(C)Oc1cc(C)ccc1Cl. The summed E-state index contributed by atoms with van der Waals surface area (Å²) in [6, 6.07) is 14.1. The van der Waals surface area contributed by atoms with Gasteiger partial charge in [-0.3, -0.25) is 0 Å². The van der Waals surface area contributed by atoms with Crippen molar-refractivity contribution in [2.45, 2.75) is 51.3 Å². The minimum atomic E-state index is -0.275. The quantitative estimate of drug-likeness (QED) is 0.249. The molecule has 2 aromatic carbocycles. The van der Waals surface area contributed by atoms with Crippen LogP contribution < -0.4 is 4.74 Å². The molecule has 0 amide bonds. The van der Waals surface area contributed by atoms with Gasteiger partial charge in [-0.05, 0) is 51.0 Å². The van der Waals surface area contributed by atoms with E-state index in [1.807, 2.05) is 32.0 Å². The molecule has 2 aromatic heterocycles. The van der Waals surface area contributed by atoms with Crippen LogP contribution in [-0.2, 0) is 12.3 Å². The summed E-state index contributed by atoms with van der Waals surface area (Å²) in [5, 5.41) is 13.5. The van der Waals surface area contributed by atoms with Crippen molar-refractivity contribution in [3.8, 4) is 16.3 Å². The van der Waals surface area contributed by atoms with Crippen molar-refractivity contribution in [1.82, 2.24) is 19.7 Å². The maximum Gasteiger partial charge on any atom is 0.191 e. The normalized spacial score (nSPS) is 12.2. The number of thiazole rings is 1. The molecule has 32 heavy (non-hydrogen) atoms. The Bertz CT molecular complexity index is 1220. The summed E-state index contributed by atoms with van der Waals surface area (Å²) in [7, 11) is 0. The molecule has 1 atom stereocenters. The van der Waals surface area contributed by atoms with Crippen molar-refractivity contribution in [2.75, 3.05) is 0 Å². The average molecular weight is 485 g/mol. The third-order valence-electron chi connectivity index (χ3n) is 5.09. The monoisotopic (exact) mass is 484 g/mol. The maximum atomic E-state index is 6.30. The van der Waals surface area contributed by atoms with Crippen LogP contribution >= 0.6 is 34.7 Å². The summed E-state index contributed by atoms with van der Waals surface area (Å²) in [5.41, 5.74) is 4.56. The number of halogens is 1. The van der Waals surface area contributed by atoms with Gasteiger partial charge in [0.25, 0.3) is 0 Å². The van der Waals surface area contributed by atoms with Gasteiger partial charge in [0.15, 0.2) is 17.1 Å². The second-order valence-electron chi connectivity index (χ2n) is 7.53. The largest absolute Gasteiger partial charge is 0.481 e.